The molecule has 5 heteroatoms. The van der Waals surface area contributed by atoms with E-state index in [9.17, 15) is 4.79 Å². The molecular formula is C19H30ClN3O. The number of carbonyl (C=O) groups excluding carboxylic acids is 1. The molecule has 2 rings (SSSR count). The van der Waals surface area contributed by atoms with Gasteiger partial charge in [-0.2, -0.15) is 0 Å². The highest BCUT2D eigenvalue weighted by molar-refractivity contribution is 6.33. The van der Waals surface area contributed by atoms with E-state index in [2.05, 4.69) is 35.0 Å². The van der Waals surface area contributed by atoms with Gasteiger partial charge < -0.3 is 10.2 Å². The molecule has 1 N–H and O–H groups in total. The third-order valence-corrected chi connectivity index (χ3v) is 4.81. The first-order chi connectivity index (χ1) is 11.6. The van der Waals surface area contributed by atoms with Crippen LogP contribution in [0.4, 0.5) is 5.69 Å². The molecule has 0 saturated carbocycles. The quantitative estimate of drug-likeness (QED) is 0.729. The fourth-order valence-electron chi connectivity index (χ4n) is 2.96. The van der Waals surface area contributed by atoms with Crippen molar-refractivity contribution >= 4 is 23.2 Å². The van der Waals surface area contributed by atoms with Crippen molar-refractivity contribution in [3.63, 3.8) is 0 Å². The Bertz CT molecular complexity index is 513. The van der Waals surface area contributed by atoms with Gasteiger partial charge in [0, 0.05) is 39.1 Å². The summed E-state index contributed by atoms with van der Waals surface area (Å²) >= 11 is 6.28. The van der Waals surface area contributed by atoms with Crippen LogP contribution in [0.1, 0.15) is 33.1 Å². The zero-order valence-corrected chi connectivity index (χ0v) is 15.7. The van der Waals surface area contributed by atoms with Crippen LogP contribution < -0.4 is 10.2 Å². The Kier molecular flexibility index (Phi) is 7.86. The molecule has 0 bridgehead atoms. The Morgan fingerprint density at radius 3 is 2.58 bits per heavy atom. The molecule has 1 heterocycles. The Morgan fingerprint density at radius 2 is 1.92 bits per heavy atom. The fourth-order valence-corrected chi connectivity index (χ4v) is 3.21. The van der Waals surface area contributed by atoms with Crippen LogP contribution in [0.25, 0.3) is 0 Å². The topological polar surface area (TPSA) is 35.6 Å². The van der Waals surface area contributed by atoms with Crippen molar-refractivity contribution in [2.45, 2.75) is 33.1 Å². The first-order valence-corrected chi connectivity index (χ1v) is 9.42. The number of piperazine rings is 1. The highest BCUT2D eigenvalue weighted by Crippen LogP contribution is 2.25. The van der Waals surface area contributed by atoms with Gasteiger partial charge in [-0.25, -0.2) is 0 Å². The number of anilines is 1. The number of nitrogens with one attached hydrogen (secondary N) is 1. The Balaban J connectivity index is 1.60. The molecule has 0 radical (unpaired) electrons. The van der Waals surface area contributed by atoms with Gasteiger partial charge in [0.2, 0.25) is 5.91 Å². The zero-order valence-electron chi connectivity index (χ0n) is 14.9. The first-order valence-electron chi connectivity index (χ1n) is 9.05. The number of nitrogens with zero attached hydrogens (tertiary/aromatic N) is 2. The third-order valence-electron chi connectivity index (χ3n) is 4.49. The number of hydrogen-bond donors (Lipinski definition) is 1. The van der Waals surface area contributed by atoms with Crippen LogP contribution in [0, 0.1) is 5.92 Å². The van der Waals surface area contributed by atoms with Crippen molar-refractivity contribution in [3.05, 3.63) is 29.3 Å². The molecular weight excluding hydrogens is 322 g/mol. The van der Waals surface area contributed by atoms with Crippen LogP contribution >= 0.6 is 11.6 Å². The van der Waals surface area contributed by atoms with Crippen molar-refractivity contribution < 1.29 is 4.79 Å². The van der Waals surface area contributed by atoms with Crippen LogP contribution in [-0.4, -0.2) is 50.1 Å². The smallest absolute Gasteiger partial charge is 0.220 e. The predicted octanol–water partition coefficient (Wildman–Crippen LogP) is 3.40. The summed E-state index contributed by atoms with van der Waals surface area (Å²) in [6.07, 6.45) is 2.63. The molecule has 0 unspecified atom stereocenters. The van der Waals surface area contributed by atoms with E-state index >= 15 is 0 Å². The van der Waals surface area contributed by atoms with Crippen molar-refractivity contribution in [3.8, 4) is 0 Å². The summed E-state index contributed by atoms with van der Waals surface area (Å²) in [5.74, 6) is 0.775. The molecule has 1 aliphatic heterocycles. The summed E-state index contributed by atoms with van der Waals surface area (Å²) < 4.78 is 0. The minimum absolute atomic E-state index is 0.187. The second-order valence-corrected chi connectivity index (χ2v) is 7.32. The lowest BCUT2D eigenvalue weighted by Gasteiger charge is -2.36. The van der Waals surface area contributed by atoms with E-state index in [1.54, 1.807) is 0 Å². The molecule has 4 nitrogen and oxygen atoms in total. The van der Waals surface area contributed by atoms with Crippen molar-refractivity contribution in [2.75, 3.05) is 44.2 Å². The van der Waals surface area contributed by atoms with Gasteiger partial charge >= 0.3 is 0 Å². The summed E-state index contributed by atoms with van der Waals surface area (Å²) in [5, 5.41) is 3.85. The Hall–Kier alpha value is -1.26. The largest absolute Gasteiger partial charge is 0.368 e. The van der Waals surface area contributed by atoms with Crippen LogP contribution in [0.5, 0.6) is 0 Å². The summed E-state index contributed by atoms with van der Waals surface area (Å²) in [5.41, 5.74) is 1.14. The van der Waals surface area contributed by atoms with Crippen molar-refractivity contribution in [1.29, 1.82) is 0 Å². The van der Waals surface area contributed by atoms with E-state index in [0.29, 0.717) is 12.3 Å². The van der Waals surface area contributed by atoms with Gasteiger partial charge in [-0.05, 0) is 37.4 Å². The van der Waals surface area contributed by atoms with Crippen molar-refractivity contribution in [1.82, 2.24) is 10.2 Å². The standard InChI is InChI=1S/C19H30ClN3O/c1-16(2)8-9-19(24)21-10-5-11-22-12-14-23(15-13-22)18-7-4-3-6-17(18)20/h3-4,6-7,16H,5,8-15H2,1-2H3,(H,21,24). The highest BCUT2D eigenvalue weighted by Gasteiger charge is 2.18. The minimum atomic E-state index is 0.187. The zero-order chi connectivity index (χ0) is 17.4. The third kappa shape index (κ3) is 6.33. The summed E-state index contributed by atoms with van der Waals surface area (Å²) in [6, 6.07) is 8.04. The summed E-state index contributed by atoms with van der Waals surface area (Å²) in [4.78, 5) is 16.5. The predicted molar refractivity (Wildman–Crippen MR) is 102 cm³/mol. The van der Waals surface area contributed by atoms with E-state index in [0.717, 1.165) is 62.8 Å². The highest BCUT2D eigenvalue weighted by atomic mass is 35.5. The molecule has 1 saturated heterocycles. The lowest BCUT2D eigenvalue weighted by molar-refractivity contribution is -0.121. The molecule has 1 amide bonds. The molecule has 134 valence electrons. The van der Waals surface area contributed by atoms with E-state index in [1.165, 1.54) is 0 Å². The van der Waals surface area contributed by atoms with Crippen LogP contribution in [-0.2, 0) is 4.79 Å². The van der Waals surface area contributed by atoms with Gasteiger partial charge in [-0.1, -0.05) is 37.6 Å². The molecule has 1 aliphatic rings. The number of rotatable bonds is 8. The minimum Gasteiger partial charge on any atom is -0.368 e. The van der Waals surface area contributed by atoms with Crippen LogP contribution in [0.2, 0.25) is 5.02 Å². The molecule has 0 spiro atoms. The normalized spacial score (nSPS) is 15.8. The van der Waals surface area contributed by atoms with Gasteiger partial charge in [0.15, 0.2) is 0 Å². The molecule has 1 aromatic carbocycles. The maximum atomic E-state index is 11.7. The van der Waals surface area contributed by atoms with Gasteiger partial charge in [-0.3, -0.25) is 9.69 Å². The van der Waals surface area contributed by atoms with E-state index in [1.807, 2.05) is 18.2 Å². The second kappa shape index (κ2) is 9.90. The number of halogens is 1. The fraction of sp³-hybridized carbons (Fsp3) is 0.632. The molecule has 1 fully saturated rings. The molecule has 0 aliphatic carbocycles. The first kappa shape index (κ1) is 19.1. The van der Waals surface area contributed by atoms with E-state index < -0.39 is 0 Å². The SMILES string of the molecule is CC(C)CCC(=O)NCCCN1CCN(c2ccccc2Cl)CC1. The van der Waals surface area contributed by atoms with Gasteiger partial charge in [-0.15, -0.1) is 0 Å². The average molecular weight is 352 g/mol. The number of hydrogen-bond acceptors (Lipinski definition) is 3. The Morgan fingerprint density at radius 1 is 1.21 bits per heavy atom. The molecule has 24 heavy (non-hydrogen) atoms. The second-order valence-electron chi connectivity index (χ2n) is 6.92. The molecule has 0 aromatic heterocycles. The molecule has 0 atom stereocenters. The number of carbonyl (C=O) groups is 1. The lowest BCUT2D eigenvalue weighted by atomic mass is 10.1. The monoisotopic (exact) mass is 351 g/mol. The number of benzene rings is 1. The van der Waals surface area contributed by atoms with E-state index in [-0.39, 0.29) is 5.91 Å². The van der Waals surface area contributed by atoms with Crippen LogP contribution in [0.3, 0.4) is 0 Å². The van der Waals surface area contributed by atoms with Gasteiger partial charge in [0.25, 0.3) is 0 Å². The maximum absolute atomic E-state index is 11.7. The number of amides is 1. The van der Waals surface area contributed by atoms with Crippen LogP contribution in [0.15, 0.2) is 24.3 Å². The maximum Gasteiger partial charge on any atom is 0.220 e. The summed E-state index contributed by atoms with van der Waals surface area (Å²) in [7, 11) is 0. The summed E-state index contributed by atoms with van der Waals surface area (Å²) in [6.45, 7) is 10.2. The Labute approximate surface area is 151 Å². The lowest BCUT2D eigenvalue weighted by Crippen LogP contribution is -2.47. The molecule has 1 aromatic rings. The van der Waals surface area contributed by atoms with Gasteiger partial charge in [0.1, 0.15) is 0 Å². The average Bonchev–Trinajstić information content (AvgIpc) is 2.58. The van der Waals surface area contributed by atoms with Crippen molar-refractivity contribution in [2.24, 2.45) is 5.92 Å². The number of para-hydroxylation sites is 1. The van der Waals surface area contributed by atoms with E-state index in [4.69, 9.17) is 11.6 Å². The van der Waals surface area contributed by atoms with Gasteiger partial charge in [0.05, 0.1) is 10.7 Å².